The Bertz CT molecular complexity index is 1310. The van der Waals surface area contributed by atoms with Gasteiger partial charge < -0.3 is 30.4 Å². The minimum Gasteiger partial charge on any atom is -0.408 e. The van der Waals surface area contributed by atoms with Gasteiger partial charge in [-0.15, -0.1) is 0 Å². The number of nitrogens with zero attached hydrogens (tertiary/aromatic N) is 3. The second kappa shape index (κ2) is 6.94. The number of ether oxygens (including phenoxy) is 1. The molecule has 3 atom stereocenters. The summed E-state index contributed by atoms with van der Waals surface area (Å²) in [6.45, 7) is 3.57. The number of nitrogens with two attached hydrogens (primary N) is 1. The molecule has 10 heteroatoms. The van der Waals surface area contributed by atoms with Crippen LogP contribution in [0.3, 0.4) is 0 Å². The number of hydrogen-bond donors (Lipinski definition) is 4. The van der Waals surface area contributed by atoms with E-state index in [0.717, 1.165) is 42.2 Å². The largest absolute Gasteiger partial charge is 0.417 e. The first kappa shape index (κ1) is 19.1. The van der Waals surface area contributed by atoms with Gasteiger partial charge in [-0.25, -0.2) is 14.8 Å². The number of oxazole rings is 1. The van der Waals surface area contributed by atoms with Crippen molar-refractivity contribution in [3.8, 4) is 0 Å². The molecular formula is C22H23N7O3. The number of nitrogens with one attached hydrogen (secondary N) is 3. The van der Waals surface area contributed by atoms with Crippen molar-refractivity contribution >= 4 is 28.6 Å². The summed E-state index contributed by atoms with van der Waals surface area (Å²) in [5.74, 6) is 0.958. The zero-order valence-corrected chi connectivity index (χ0v) is 17.5. The topological polar surface area (TPSA) is 134 Å². The molecule has 0 aliphatic carbocycles. The fourth-order valence-electron chi connectivity index (χ4n) is 4.59. The van der Waals surface area contributed by atoms with Crippen molar-refractivity contribution in [2.24, 2.45) is 10.7 Å². The summed E-state index contributed by atoms with van der Waals surface area (Å²) in [7, 11) is 0. The molecule has 0 spiro atoms. The number of benzene rings is 1. The van der Waals surface area contributed by atoms with Gasteiger partial charge in [0.1, 0.15) is 11.5 Å². The molecule has 2 fully saturated rings. The standard InChI is InChI=1S/C22H23N7O3/c1-12-8-25-20(28-22(12,23)13-2-4-18-17(6-13)27-21(30)32-18)26-14-3-5-19(24-9-14)29-10-16-7-15(29)11-31-16/h2-6,8-9,15-16H,7,10-11,23H2,1H3,(H,27,30)(H2,25,26,28)/t15-,16-,22?/m0/s1. The van der Waals surface area contributed by atoms with Crippen molar-refractivity contribution in [3.05, 3.63) is 64.4 Å². The third-order valence-electron chi connectivity index (χ3n) is 6.40. The van der Waals surface area contributed by atoms with Gasteiger partial charge in [0.05, 0.1) is 36.2 Å². The lowest BCUT2D eigenvalue weighted by Crippen LogP contribution is -2.57. The predicted molar refractivity (Wildman–Crippen MR) is 120 cm³/mol. The van der Waals surface area contributed by atoms with Gasteiger partial charge in [-0.05, 0) is 48.7 Å². The molecule has 3 aliphatic heterocycles. The van der Waals surface area contributed by atoms with Gasteiger partial charge in [0.15, 0.2) is 5.58 Å². The van der Waals surface area contributed by atoms with E-state index in [4.69, 9.17) is 14.9 Å². The van der Waals surface area contributed by atoms with Gasteiger partial charge in [0, 0.05) is 12.7 Å². The number of fused-ring (bicyclic) bond motifs is 3. The van der Waals surface area contributed by atoms with E-state index >= 15 is 0 Å². The SMILES string of the molecule is CC1=CN=C(Nc2ccc(N3C[C@@H]4C[C@H]3CO4)nc2)NC1(N)c1ccc2oc(=O)[nH]c2c1. The predicted octanol–water partition coefficient (Wildman–Crippen LogP) is 1.58. The van der Waals surface area contributed by atoms with E-state index in [2.05, 4.69) is 30.5 Å². The van der Waals surface area contributed by atoms with Gasteiger partial charge in [0.2, 0.25) is 5.96 Å². The molecule has 2 saturated heterocycles. The van der Waals surface area contributed by atoms with E-state index in [-0.39, 0.29) is 0 Å². The average Bonchev–Trinajstić information content (AvgIpc) is 3.51. The highest BCUT2D eigenvalue weighted by molar-refractivity contribution is 5.95. The monoisotopic (exact) mass is 433 g/mol. The first-order valence-electron chi connectivity index (χ1n) is 10.5. The first-order chi connectivity index (χ1) is 15.5. The van der Waals surface area contributed by atoms with Crippen molar-refractivity contribution in [1.29, 1.82) is 0 Å². The first-order valence-corrected chi connectivity index (χ1v) is 10.5. The maximum absolute atomic E-state index is 11.5. The quantitative estimate of drug-likeness (QED) is 0.489. The van der Waals surface area contributed by atoms with Crippen LogP contribution in [0.1, 0.15) is 18.9 Å². The fourth-order valence-corrected chi connectivity index (χ4v) is 4.59. The lowest BCUT2D eigenvalue weighted by atomic mass is 9.92. The van der Waals surface area contributed by atoms with Crippen LogP contribution >= 0.6 is 0 Å². The Morgan fingerprint density at radius 2 is 2.22 bits per heavy atom. The van der Waals surface area contributed by atoms with Crippen molar-refractivity contribution in [2.45, 2.75) is 31.2 Å². The number of aromatic nitrogens is 2. The molecule has 0 amide bonds. The number of aliphatic imine (C=N–C) groups is 1. The third-order valence-corrected chi connectivity index (χ3v) is 6.40. The van der Waals surface area contributed by atoms with Crippen molar-refractivity contribution < 1.29 is 9.15 Å². The molecule has 5 N–H and O–H groups in total. The second-order valence-corrected chi connectivity index (χ2v) is 8.48. The molecule has 10 nitrogen and oxygen atoms in total. The van der Waals surface area contributed by atoms with Crippen LogP contribution in [-0.2, 0) is 10.4 Å². The zero-order chi connectivity index (χ0) is 21.9. The molecule has 5 heterocycles. The lowest BCUT2D eigenvalue weighted by Gasteiger charge is -2.35. The Morgan fingerprint density at radius 3 is 2.97 bits per heavy atom. The molecule has 6 rings (SSSR count). The number of H-pyrrole nitrogens is 1. The van der Waals surface area contributed by atoms with Gasteiger partial charge in [0.25, 0.3) is 0 Å². The van der Waals surface area contributed by atoms with Gasteiger partial charge in [-0.1, -0.05) is 6.07 Å². The Balaban J connectivity index is 1.21. The molecule has 0 saturated carbocycles. The summed E-state index contributed by atoms with van der Waals surface area (Å²) in [6, 6.07) is 9.76. The summed E-state index contributed by atoms with van der Waals surface area (Å²) in [5.41, 5.74) is 9.21. The number of morpholine rings is 1. The van der Waals surface area contributed by atoms with Gasteiger partial charge in [-0.3, -0.25) is 4.98 Å². The van der Waals surface area contributed by atoms with E-state index < -0.39 is 11.4 Å². The number of aromatic amines is 1. The Kier molecular flexibility index (Phi) is 4.14. The molecular weight excluding hydrogens is 410 g/mol. The summed E-state index contributed by atoms with van der Waals surface area (Å²) >= 11 is 0. The molecule has 3 aromatic rings. The Labute approximate surface area is 183 Å². The average molecular weight is 433 g/mol. The summed E-state index contributed by atoms with van der Waals surface area (Å²) in [6.07, 6.45) is 4.92. The molecule has 1 unspecified atom stereocenters. The highest BCUT2D eigenvalue weighted by Crippen LogP contribution is 2.32. The molecule has 164 valence electrons. The lowest BCUT2D eigenvalue weighted by molar-refractivity contribution is 0.0989. The number of pyridine rings is 1. The third kappa shape index (κ3) is 3.07. The van der Waals surface area contributed by atoms with E-state index in [9.17, 15) is 4.79 Å². The van der Waals surface area contributed by atoms with Crippen LogP contribution in [0.15, 0.2) is 62.5 Å². The fraction of sp³-hybridized carbons (Fsp3) is 0.318. The molecule has 3 aliphatic rings. The zero-order valence-electron chi connectivity index (χ0n) is 17.5. The molecule has 1 aromatic carbocycles. The van der Waals surface area contributed by atoms with Crippen LogP contribution in [0.5, 0.6) is 0 Å². The van der Waals surface area contributed by atoms with Crippen molar-refractivity contribution in [3.63, 3.8) is 0 Å². The Hall–Kier alpha value is -3.63. The van der Waals surface area contributed by atoms with Crippen LogP contribution in [0.4, 0.5) is 11.5 Å². The van der Waals surface area contributed by atoms with Gasteiger partial charge >= 0.3 is 5.76 Å². The van der Waals surface area contributed by atoms with E-state index in [1.807, 2.05) is 25.1 Å². The summed E-state index contributed by atoms with van der Waals surface area (Å²) < 4.78 is 10.8. The smallest absolute Gasteiger partial charge is 0.408 e. The van der Waals surface area contributed by atoms with E-state index in [1.54, 1.807) is 24.5 Å². The van der Waals surface area contributed by atoms with Crippen LogP contribution in [0, 0.1) is 0 Å². The van der Waals surface area contributed by atoms with Crippen molar-refractivity contribution in [1.82, 2.24) is 15.3 Å². The maximum Gasteiger partial charge on any atom is 0.417 e. The molecule has 2 aromatic heterocycles. The minimum atomic E-state index is -1.01. The summed E-state index contributed by atoms with van der Waals surface area (Å²) in [4.78, 5) is 25.5. The summed E-state index contributed by atoms with van der Waals surface area (Å²) in [5, 5.41) is 6.53. The van der Waals surface area contributed by atoms with Crippen LogP contribution in [0.2, 0.25) is 0 Å². The number of rotatable bonds is 3. The molecule has 32 heavy (non-hydrogen) atoms. The maximum atomic E-state index is 11.5. The number of anilines is 2. The molecule has 2 bridgehead atoms. The van der Waals surface area contributed by atoms with Gasteiger partial charge in [-0.2, -0.15) is 0 Å². The van der Waals surface area contributed by atoms with Crippen LogP contribution in [0.25, 0.3) is 11.1 Å². The molecule has 0 radical (unpaired) electrons. The number of guanidine groups is 1. The van der Waals surface area contributed by atoms with E-state index in [0.29, 0.717) is 29.2 Å². The second-order valence-electron chi connectivity index (χ2n) is 8.48. The normalized spacial score (nSPS) is 26.8. The minimum absolute atomic E-state index is 0.326. The Morgan fingerprint density at radius 1 is 1.31 bits per heavy atom. The highest BCUT2D eigenvalue weighted by atomic mass is 16.5. The van der Waals surface area contributed by atoms with Crippen LogP contribution < -0.4 is 27.0 Å². The highest BCUT2D eigenvalue weighted by Gasteiger charge is 2.39. The number of hydrogen-bond acceptors (Lipinski definition) is 9. The van der Waals surface area contributed by atoms with E-state index in [1.165, 1.54) is 0 Å². The van der Waals surface area contributed by atoms with Crippen molar-refractivity contribution in [2.75, 3.05) is 23.4 Å². The van der Waals surface area contributed by atoms with Crippen LogP contribution in [-0.4, -0.2) is 41.2 Å².